The SMILES string of the molecule is COc1cc(NS(=O)(=O)C2CC2)ccc1-n1nc(C)c2cnc(Cl)cc21. The molecular weight excluding hydrogens is 376 g/mol. The number of halogens is 1. The molecule has 0 amide bonds. The van der Waals surface area contributed by atoms with Gasteiger partial charge in [-0.3, -0.25) is 4.72 Å². The van der Waals surface area contributed by atoms with Gasteiger partial charge in [-0.05, 0) is 31.9 Å². The molecule has 9 heteroatoms. The summed E-state index contributed by atoms with van der Waals surface area (Å²) in [5.74, 6) is 0.498. The summed E-state index contributed by atoms with van der Waals surface area (Å²) in [6.45, 7) is 1.89. The number of ether oxygens (including phenoxy) is 1. The lowest BCUT2D eigenvalue weighted by atomic mass is 10.2. The van der Waals surface area contributed by atoms with Crippen LogP contribution in [0.15, 0.2) is 30.5 Å². The highest BCUT2D eigenvalue weighted by Gasteiger charge is 2.35. The maximum atomic E-state index is 12.1. The van der Waals surface area contributed by atoms with E-state index < -0.39 is 10.0 Å². The number of nitrogens with zero attached hydrogens (tertiary/aromatic N) is 3. The average molecular weight is 393 g/mol. The van der Waals surface area contributed by atoms with Gasteiger partial charge in [-0.2, -0.15) is 5.10 Å². The highest BCUT2D eigenvalue weighted by molar-refractivity contribution is 7.93. The van der Waals surface area contributed by atoms with Crippen molar-refractivity contribution in [2.24, 2.45) is 0 Å². The molecule has 0 aliphatic heterocycles. The molecule has 0 atom stereocenters. The van der Waals surface area contributed by atoms with Crippen molar-refractivity contribution < 1.29 is 13.2 Å². The van der Waals surface area contributed by atoms with E-state index in [0.29, 0.717) is 35.1 Å². The number of benzene rings is 1. The van der Waals surface area contributed by atoms with E-state index in [0.717, 1.165) is 16.6 Å². The molecule has 0 radical (unpaired) electrons. The third-order valence-electron chi connectivity index (χ3n) is 4.35. The van der Waals surface area contributed by atoms with Crippen molar-refractivity contribution in [2.45, 2.75) is 25.0 Å². The maximum Gasteiger partial charge on any atom is 0.235 e. The molecule has 3 aromatic rings. The summed E-state index contributed by atoms with van der Waals surface area (Å²) in [5, 5.41) is 5.51. The van der Waals surface area contributed by atoms with Gasteiger partial charge >= 0.3 is 0 Å². The van der Waals surface area contributed by atoms with Crippen LogP contribution >= 0.6 is 11.6 Å². The molecule has 1 fully saturated rings. The fourth-order valence-corrected chi connectivity index (χ4v) is 4.39. The number of methoxy groups -OCH3 is 1. The van der Waals surface area contributed by atoms with E-state index in [4.69, 9.17) is 16.3 Å². The molecule has 1 aliphatic carbocycles. The molecule has 0 saturated heterocycles. The first kappa shape index (κ1) is 17.1. The average Bonchev–Trinajstić information content (AvgIpc) is 3.41. The van der Waals surface area contributed by atoms with Gasteiger partial charge in [0.05, 0.1) is 29.3 Å². The van der Waals surface area contributed by atoms with E-state index in [9.17, 15) is 8.42 Å². The van der Waals surface area contributed by atoms with E-state index >= 15 is 0 Å². The lowest BCUT2D eigenvalue weighted by Gasteiger charge is -2.13. The number of aryl methyl sites for hydroxylation is 1. The number of pyridine rings is 1. The standard InChI is InChI=1S/C17H17ClN4O3S/c1-10-13-9-19-17(18)8-15(13)22(20-10)14-6-3-11(7-16(14)25-2)21-26(23,24)12-4-5-12/h3,6-9,12,21H,4-5H2,1-2H3. The maximum absolute atomic E-state index is 12.1. The van der Waals surface area contributed by atoms with Gasteiger partial charge in [0.1, 0.15) is 16.6 Å². The van der Waals surface area contributed by atoms with Crippen molar-refractivity contribution in [3.8, 4) is 11.4 Å². The van der Waals surface area contributed by atoms with Gasteiger partial charge < -0.3 is 4.74 Å². The van der Waals surface area contributed by atoms with Gasteiger partial charge in [-0.25, -0.2) is 18.1 Å². The van der Waals surface area contributed by atoms with Gasteiger partial charge in [0.25, 0.3) is 0 Å². The number of hydrogen-bond donors (Lipinski definition) is 1. The van der Waals surface area contributed by atoms with Crippen molar-refractivity contribution in [1.29, 1.82) is 0 Å². The second kappa shape index (κ2) is 6.14. The molecule has 0 unspecified atom stereocenters. The molecular formula is C17H17ClN4O3S. The van der Waals surface area contributed by atoms with Crippen LogP contribution in [0.1, 0.15) is 18.5 Å². The molecule has 0 bridgehead atoms. The molecule has 26 heavy (non-hydrogen) atoms. The van der Waals surface area contributed by atoms with Gasteiger partial charge in [-0.15, -0.1) is 0 Å². The molecule has 1 aromatic carbocycles. The molecule has 2 heterocycles. The van der Waals surface area contributed by atoms with Crippen molar-refractivity contribution >= 4 is 38.2 Å². The number of rotatable bonds is 5. The van der Waals surface area contributed by atoms with Crippen molar-refractivity contribution in [3.63, 3.8) is 0 Å². The third-order valence-corrected chi connectivity index (χ3v) is 6.42. The number of fused-ring (bicyclic) bond motifs is 1. The topological polar surface area (TPSA) is 86.1 Å². The summed E-state index contributed by atoms with van der Waals surface area (Å²) >= 11 is 6.03. The number of nitrogens with one attached hydrogen (secondary N) is 1. The van der Waals surface area contributed by atoms with Crippen molar-refractivity contribution in [3.05, 3.63) is 41.3 Å². The predicted molar refractivity (Wildman–Crippen MR) is 101 cm³/mol. The normalized spacial score (nSPS) is 14.6. The monoisotopic (exact) mass is 392 g/mol. The van der Waals surface area contributed by atoms with E-state index in [1.165, 1.54) is 7.11 Å². The van der Waals surface area contributed by atoms with Crippen LogP contribution in [-0.2, 0) is 10.0 Å². The van der Waals surface area contributed by atoms with Crippen LogP contribution in [0.4, 0.5) is 5.69 Å². The van der Waals surface area contributed by atoms with Crippen LogP contribution in [0, 0.1) is 6.92 Å². The fraction of sp³-hybridized carbons (Fsp3) is 0.294. The summed E-state index contributed by atoms with van der Waals surface area (Å²) in [6, 6.07) is 6.86. The van der Waals surface area contributed by atoms with Crippen LogP contribution in [-0.4, -0.2) is 35.5 Å². The quantitative estimate of drug-likeness (QED) is 0.673. The number of sulfonamides is 1. The minimum absolute atomic E-state index is 0.291. The molecule has 136 valence electrons. The molecule has 4 rings (SSSR count). The van der Waals surface area contributed by atoms with Crippen molar-refractivity contribution in [1.82, 2.24) is 14.8 Å². The van der Waals surface area contributed by atoms with Crippen LogP contribution in [0.2, 0.25) is 5.15 Å². The van der Waals surface area contributed by atoms with E-state index in [1.54, 1.807) is 35.1 Å². The third kappa shape index (κ3) is 2.99. The zero-order valence-corrected chi connectivity index (χ0v) is 15.8. The number of anilines is 1. The molecule has 1 aliphatic rings. The van der Waals surface area contributed by atoms with Crippen molar-refractivity contribution in [2.75, 3.05) is 11.8 Å². The minimum Gasteiger partial charge on any atom is -0.494 e. The van der Waals surface area contributed by atoms with E-state index in [1.807, 2.05) is 6.92 Å². The number of hydrogen-bond acceptors (Lipinski definition) is 5. The summed E-state index contributed by atoms with van der Waals surface area (Å²) in [7, 11) is -1.80. The van der Waals surface area contributed by atoms with E-state index in [-0.39, 0.29) is 5.25 Å². The Bertz CT molecular complexity index is 1110. The van der Waals surface area contributed by atoms with Crippen LogP contribution in [0.3, 0.4) is 0 Å². The zero-order valence-electron chi connectivity index (χ0n) is 14.2. The highest BCUT2D eigenvalue weighted by atomic mass is 35.5. The lowest BCUT2D eigenvalue weighted by Crippen LogP contribution is -2.17. The molecule has 1 N–H and O–H groups in total. The van der Waals surface area contributed by atoms with Crippen LogP contribution in [0.25, 0.3) is 16.6 Å². The Morgan fingerprint density at radius 2 is 2.08 bits per heavy atom. The Morgan fingerprint density at radius 3 is 2.77 bits per heavy atom. The highest BCUT2D eigenvalue weighted by Crippen LogP contribution is 2.33. The summed E-state index contributed by atoms with van der Waals surface area (Å²) in [5.41, 5.74) is 2.75. The first-order chi connectivity index (χ1) is 12.4. The first-order valence-electron chi connectivity index (χ1n) is 8.10. The summed E-state index contributed by atoms with van der Waals surface area (Å²) in [4.78, 5) is 4.10. The Morgan fingerprint density at radius 1 is 1.31 bits per heavy atom. The largest absolute Gasteiger partial charge is 0.494 e. The van der Waals surface area contributed by atoms with E-state index in [2.05, 4.69) is 14.8 Å². The second-order valence-electron chi connectivity index (χ2n) is 6.25. The van der Waals surface area contributed by atoms with Gasteiger partial charge in [-0.1, -0.05) is 11.6 Å². The Balaban J connectivity index is 1.79. The molecule has 0 spiro atoms. The number of aromatic nitrogens is 3. The molecule has 7 nitrogen and oxygen atoms in total. The summed E-state index contributed by atoms with van der Waals surface area (Å²) in [6.07, 6.45) is 3.09. The Hall–Kier alpha value is -2.32. The van der Waals surface area contributed by atoms with Crippen LogP contribution in [0.5, 0.6) is 5.75 Å². The van der Waals surface area contributed by atoms with Gasteiger partial charge in [0.15, 0.2) is 0 Å². The first-order valence-corrected chi connectivity index (χ1v) is 10.0. The molecule has 1 saturated carbocycles. The smallest absolute Gasteiger partial charge is 0.235 e. The fourth-order valence-electron chi connectivity index (χ4n) is 2.86. The van der Waals surface area contributed by atoms with Gasteiger partial charge in [0.2, 0.25) is 10.0 Å². The Labute approximate surface area is 156 Å². The Kier molecular flexibility index (Phi) is 4.04. The summed E-state index contributed by atoms with van der Waals surface area (Å²) < 4.78 is 34.1. The lowest BCUT2D eigenvalue weighted by molar-refractivity contribution is 0.412. The molecule has 2 aromatic heterocycles. The minimum atomic E-state index is -3.33. The van der Waals surface area contributed by atoms with Crippen LogP contribution < -0.4 is 9.46 Å². The predicted octanol–water partition coefficient (Wildman–Crippen LogP) is 3.30. The zero-order chi connectivity index (χ0) is 18.5. The second-order valence-corrected chi connectivity index (χ2v) is 8.60. The van der Waals surface area contributed by atoms with Gasteiger partial charge in [0, 0.05) is 23.7 Å².